The predicted octanol–water partition coefficient (Wildman–Crippen LogP) is 4.17. The van der Waals surface area contributed by atoms with Gasteiger partial charge in [-0.05, 0) is 30.3 Å². The molecule has 0 aliphatic heterocycles. The summed E-state index contributed by atoms with van der Waals surface area (Å²) in [5.74, 6) is 0.876. The van der Waals surface area contributed by atoms with E-state index in [1.54, 1.807) is 36.4 Å². The zero-order valence-corrected chi connectivity index (χ0v) is 13.8. The number of benzene rings is 2. The number of para-hydroxylation sites is 1. The highest BCUT2D eigenvalue weighted by molar-refractivity contribution is 6.30. The maximum atomic E-state index is 12.2. The van der Waals surface area contributed by atoms with Gasteiger partial charge >= 0.3 is 5.63 Å². The van der Waals surface area contributed by atoms with E-state index in [1.165, 1.54) is 7.11 Å². The molecule has 124 valence electrons. The van der Waals surface area contributed by atoms with Crippen LogP contribution in [0.5, 0.6) is 5.75 Å². The van der Waals surface area contributed by atoms with Gasteiger partial charge in [-0.2, -0.15) is 4.98 Å². The lowest BCUT2D eigenvalue weighted by Crippen LogP contribution is -2.02. The van der Waals surface area contributed by atoms with Crippen molar-refractivity contribution in [3.8, 4) is 28.6 Å². The third-order valence-corrected chi connectivity index (χ3v) is 3.94. The summed E-state index contributed by atoms with van der Waals surface area (Å²) >= 11 is 6.03. The number of methoxy groups -OCH3 is 1. The van der Waals surface area contributed by atoms with Crippen molar-refractivity contribution in [1.29, 1.82) is 0 Å². The molecular weight excluding hydrogens is 344 g/mol. The zero-order valence-electron chi connectivity index (χ0n) is 13.0. The van der Waals surface area contributed by atoms with Crippen LogP contribution in [0.15, 0.2) is 62.3 Å². The van der Waals surface area contributed by atoms with Crippen molar-refractivity contribution >= 4 is 22.6 Å². The topological polar surface area (TPSA) is 78.4 Å². The number of ether oxygens (including phenoxy) is 1. The Morgan fingerprint density at radius 1 is 1.08 bits per heavy atom. The Balaban J connectivity index is 1.84. The first-order valence-electron chi connectivity index (χ1n) is 7.36. The van der Waals surface area contributed by atoms with E-state index in [9.17, 15) is 4.79 Å². The molecule has 7 heteroatoms. The molecule has 0 aliphatic carbocycles. The van der Waals surface area contributed by atoms with Gasteiger partial charge in [-0.3, -0.25) is 0 Å². The molecule has 0 amide bonds. The quantitative estimate of drug-likeness (QED) is 0.514. The molecule has 4 rings (SSSR count). The van der Waals surface area contributed by atoms with Crippen LogP contribution in [0, 0.1) is 0 Å². The van der Waals surface area contributed by atoms with Crippen molar-refractivity contribution in [3.05, 3.63) is 64.0 Å². The summed E-state index contributed by atoms with van der Waals surface area (Å²) in [7, 11) is 1.53. The highest BCUT2D eigenvalue weighted by atomic mass is 35.5. The van der Waals surface area contributed by atoms with Crippen LogP contribution in [0.25, 0.3) is 33.8 Å². The van der Waals surface area contributed by atoms with Crippen molar-refractivity contribution in [2.24, 2.45) is 0 Å². The van der Waals surface area contributed by atoms with Crippen molar-refractivity contribution in [2.45, 2.75) is 0 Å². The molecule has 0 aliphatic rings. The van der Waals surface area contributed by atoms with E-state index < -0.39 is 5.63 Å². The summed E-state index contributed by atoms with van der Waals surface area (Å²) in [5, 5.41) is 5.20. The summed E-state index contributed by atoms with van der Waals surface area (Å²) in [4.78, 5) is 16.5. The summed E-state index contributed by atoms with van der Waals surface area (Å²) < 4.78 is 15.8. The molecule has 0 bridgehead atoms. The normalized spacial score (nSPS) is 11.0. The molecule has 2 aromatic carbocycles. The molecule has 0 unspecified atom stereocenters. The molecule has 2 heterocycles. The predicted molar refractivity (Wildman–Crippen MR) is 92.8 cm³/mol. The molecule has 2 aromatic heterocycles. The lowest BCUT2D eigenvalue weighted by molar-refractivity contribution is 0.413. The minimum atomic E-state index is -0.549. The minimum Gasteiger partial charge on any atom is -0.496 e. The average molecular weight is 355 g/mol. The van der Waals surface area contributed by atoms with Gasteiger partial charge in [-0.25, -0.2) is 4.79 Å². The molecule has 0 saturated carbocycles. The van der Waals surface area contributed by atoms with Gasteiger partial charge in [0, 0.05) is 10.4 Å². The van der Waals surface area contributed by atoms with Gasteiger partial charge < -0.3 is 13.7 Å². The smallest absolute Gasteiger partial charge is 0.349 e. The van der Waals surface area contributed by atoms with E-state index in [0.717, 1.165) is 5.39 Å². The number of hydrogen-bond acceptors (Lipinski definition) is 6. The maximum Gasteiger partial charge on any atom is 0.349 e. The Bertz CT molecular complexity index is 1130. The van der Waals surface area contributed by atoms with Crippen molar-refractivity contribution in [3.63, 3.8) is 0 Å². The SMILES string of the molecule is COc1ccc(Cl)cc1-c1noc(-c2cc3ccccc3oc2=O)n1. The Kier molecular flexibility index (Phi) is 3.74. The molecule has 0 atom stereocenters. The van der Waals surface area contributed by atoms with Crippen LogP contribution in [-0.4, -0.2) is 17.3 Å². The van der Waals surface area contributed by atoms with E-state index in [2.05, 4.69) is 10.1 Å². The van der Waals surface area contributed by atoms with E-state index in [0.29, 0.717) is 21.9 Å². The fourth-order valence-corrected chi connectivity index (χ4v) is 2.68. The van der Waals surface area contributed by atoms with Crippen LogP contribution >= 0.6 is 11.6 Å². The number of fused-ring (bicyclic) bond motifs is 1. The summed E-state index contributed by atoms with van der Waals surface area (Å²) in [6.07, 6.45) is 0. The lowest BCUT2D eigenvalue weighted by Gasteiger charge is -2.04. The number of halogens is 1. The fraction of sp³-hybridized carbons (Fsp3) is 0.0556. The molecule has 0 saturated heterocycles. The number of aromatic nitrogens is 2. The summed E-state index contributed by atoms with van der Waals surface area (Å²) in [5.41, 5.74) is 0.702. The van der Waals surface area contributed by atoms with Gasteiger partial charge in [0.15, 0.2) is 0 Å². The molecule has 0 radical (unpaired) electrons. The Hall–Kier alpha value is -3.12. The molecule has 25 heavy (non-hydrogen) atoms. The third kappa shape index (κ3) is 2.77. The zero-order chi connectivity index (χ0) is 17.4. The Morgan fingerprint density at radius 3 is 2.76 bits per heavy atom. The largest absolute Gasteiger partial charge is 0.496 e. The third-order valence-electron chi connectivity index (χ3n) is 3.70. The number of hydrogen-bond donors (Lipinski definition) is 0. The van der Waals surface area contributed by atoms with Crippen molar-refractivity contribution in [1.82, 2.24) is 10.1 Å². The monoisotopic (exact) mass is 354 g/mol. The van der Waals surface area contributed by atoms with E-state index >= 15 is 0 Å². The molecule has 0 spiro atoms. The second kappa shape index (κ2) is 6.07. The van der Waals surface area contributed by atoms with Crippen LogP contribution < -0.4 is 10.4 Å². The van der Waals surface area contributed by atoms with Gasteiger partial charge in [0.25, 0.3) is 5.89 Å². The van der Waals surface area contributed by atoms with Gasteiger partial charge in [0.2, 0.25) is 5.82 Å². The molecule has 4 aromatic rings. The number of nitrogens with zero attached hydrogens (tertiary/aromatic N) is 2. The van der Waals surface area contributed by atoms with Crippen molar-refractivity contribution in [2.75, 3.05) is 7.11 Å². The van der Waals surface area contributed by atoms with Gasteiger partial charge in [-0.15, -0.1) is 0 Å². The first-order valence-corrected chi connectivity index (χ1v) is 7.74. The van der Waals surface area contributed by atoms with Crippen LogP contribution in [-0.2, 0) is 0 Å². The molecular formula is C18H11ClN2O4. The van der Waals surface area contributed by atoms with Crippen LogP contribution in [0.2, 0.25) is 5.02 Å². The van der Waals surface area contributed by atoms with Crippen LogP contribution in [0.4, 0.5) is 0 Å². The Labute approximate surface area is 146 Å². The highest BCUT2D eigenvalue weighted by Crippen LogP contribution is 2.31. The van der Waals surface area contributed by atoms with E-state index in [4.69, 9.17) is 25.3 Å². The fourth-order valence-electron chi connectivity index (χ4n) is 2.51. The Morgan fingerprint density at radius 2 is 1.92 bits per heavy atom. The average Bonchev–Trinajstić information content (AvgIpc) is 3.10. The highest BCUT2D eigenvalue weighted by Gasteiger charge is 2.18. The number of rotatable bonds is 3. The molecule has 0 N–H and O–H groups in total. The van der Waals surface area contributed by atoms with Gasteiger partial charge in [0.05, 0.1) is 12.7 Å². The van der Waals surface area contributed by atoms with E-state index in [-0.39, 0.29) is 17.3 Å². The second-order valence-electron chi connectivity index (χ2n) is 5.25. The van der Waals surface area contributed by atoms with Gasteiger partial charge in [-0.1, -0.05) is 35.0 Å². The lowest BCUT2D eigenvalue weighted by atomic mass is 10.2. The van der Waals surface area contributed by atoms with E-state index in [1.807, 2.05) is 12.1 Å². The van der Waals surface area contributed by atoms with Crippen LogP contribution in [0.3, 0.4) is 0 Å². The minimum absolute atomic E-state index is 0.0662. The standard InChI is InChI=1S/C18H11ClN2O4/c1-23-15-7-6-11(19)9-12(15)16-20-17(25-21-16)13-8-10-4-2-3-5-14(10)24-18(13)22/h2-9H,1H3. The van der Waals surface area contributed by atoms with Crippen molar-refractivity contribution < 1.29 is 13.7 Å². The molecule has 0 fully saturated rings. The van der Waals surface area contributed by atoms with Gasteiger partial charge in [0.1, 0.15) is 16.9 Å². The maximum absolute atomic E-state index is 12.2. The van der Waals surface area contributed by atoms with Crippen LogP contribution in [0.1, 0.15) is 0 Å². The first-order chi connectivity index (χ1) is 12.2. The summed E-state index contributed by atoms with van der Waals surface area (Å²) in [6.45, 7) is 0. The molecule has 6 nitrogen and oxygen atoms in total. The second-order valence-corrected chi connectivity index (χ2v) is 5.69. The summed E-state index contributed by atoms with van der Waals surface area (Å²) in [6, 6.07) is 13.9. The first kappa shape index (κ1) is 15.4.